The maximum absolute atomic E-state index is 12.6. The summed E-state index contributed by atoms with van der Waals surface area (Å²) in [5.74, 6) is 1.18. The average Bonchev–Trinajstić information content (AvgIpc) is 3.02. The summed E-state index contributed by atoms with van der Waals surface area (Å²) >= 11 is 0. The quantitative estimate of drug-likeness (QED) is 0.771. The predicted octanol–water partition coefficient (Wildman–Crippen LogP) is 3.60. The molecule has 3 rings (SSSR count). The van der Waals surface area contributed by atoms with Gasteiger partial charge in [-0.2, -0.15) is 5.10 Å². The molecule has 0 saturated heterocycles. The van der Waals surface area contributed by atoms with Crippen LogP contribution in [-0.4, -0.2) is 30.2 Å². The Morgan fingerprint density at radius 1 is 1.10 bits per heavy atom. The highest BCUT2D eigenvalue weighted by molar-refractivity contribution is 6.07. The Kier molecular flexibility index (Phi) is 5.77. The van der Waals surface area contributed by atoms with Crippen molar-refractivity contribution in [1.29, 1.82) is 0 Å². The van der Waals surface area contributed by atoms with Crippen LogP contribution < -0.4 is 15.5 Å². The SMILES string of the molecule is COc1ccc(C(=O)N/N=C2\CCCc3oc(C(=O)NC(C)(C)C)c(C)c32)cc1. The predicted molar refractivity (Wildman–Crippen MR) is 111 cm³/mol. The maximum atomic E-state index is 12.6. The first kappa shape index (κ1) is 20.6. The van der Waals surface area contributed by atoms with Gasteiger partial charge in [-0.1, -0.05) is 0 Å². The molecule has 7 nitrogen and oxygen atoms in total. The molecule has 2 N–H and O–H groups in total. The van der Waals surface area contributed by atoms with Crippen molar-refractivity contribution in [2.45, 2.75) is 52.5 Å². The Labute approximate surface area is 170 Å². The van der Waals surface area contributed by atoms with Crippen LogP contribution >= 0.6 is 0 Å². The number of hydrogen-bond donors (Lipinski definition) is 2. The number of aryl methyl sites for hydroxylation is 1. The molecule has 0 saturated carbocycles. The zero-order valence-electron chi connectivity index (χ0n) is 17.5. The van der Waals surface area contributed by atoms with Crippen LogP contribution in [0, 0.1) is 6.92 Å². The van der Waals surface area contributed by atoms with E-state index in [0.717, 1.165) is 35.4 Å². The molecule has 0 bridgehead atoms. The van der Waals surface area contributed by atoms with Gasteiger partial charge in [0.05, 0.1) is 12.8 Å². The van der Waals surface area contributed by atoms with Crippen LogP contribution in [0.5, 0.6) is 5.75 Å². The van der Waals surface area contributed by atoms with Crippen molar-refractivity contribution in [2.24, 2.45) is 5.10 Å². The molecular weight excluding hydrogens is 370 g/mol. The van der Waals surface area contributed by atoms with Gasteiger partial charge in [-0.05, 0) is 64.8 Å². The second-order valence-electron chi connectivity index (χ2n) is 8.14. The molecule has 7 heteroatoms. The molecule has 1 aliphatic rings. The monoisotopic (exact) mass is 397 g/mol. The third-order valence-corrected chi connectivity index (χ3v) is 4.67. The summed E-state index contributed by atoms with van der Waals surface area (Å²) in [4.78, 5) is 25.0. The molecule has 0 radical (unpaired) electrons. The number of rotatable bonds is 4. The van der Waals surface area contributed by atoms with Gasteiger partial charge < -0.3 is 14.5 Å². The van der Waals surface area contributed by atoms with Crippen LogP contribution in [0.15, 0.2) is 33.8 Å². The second-order valence-corrected chi connectivity index (χ2v) is 8.14. The Hall–Kier alpha value is -3.09. The molecule has 1 aromatic heterocycles. The lowest BCUT2D eigenvalue weighted by atomic mass is 9.93. The minimum atomic E-state index is -0.361. The number of nitrogens with zero attached hydrogens (tertiary/aromatic N) is 1. The lowest BCUT2D eigenvalue weighted by molar-refractivity contribution is 0.0887. The van der Waals surface area contributed by atoms with Crippen molar-refractivity contribution in [3.63, 3.8) is 0 Å². The van der Waals surface area contributed by atoms with E-state index < -0.39 is 0 Å². The highest BCUT2D eigenvalue weighted by atomic mass is 16.5. The summed E-state index contributed by atoms with van der Waals surface area (Å²) < 4.78 is 11.0. The fourth-order valence-electron chi connectivity index (χ4n) is 3.32. The summed E-state index contributed by atoms with van der Waals surface area (Å²) in [7, 11) is 1.57. The largest absolute Gasteiger partial charge is 0.497 e. The molecular formula is C22H27N3O4. The second kappa shape index (κ2) is 8.11. The zero-order chi connectivity index (χ0) is 21.2. The Morgan fingerprint density at radius 3 is 2.41 bits per heavy atom. The lowest BCUT2D eigenvalue weighted by Crippen LogP contribution is -2.40. The zero-order valence-corrected chi connectivity index (χ0v) is 17.5. The third-order valence-electron chi connectivity index (χ3n) is 4.67. The van der Waals surface area contributed by atoms with Crippen LogP contribution in [0.1, 0.15) is 71.4 Å². The third kappa shape index (κ3) is 4.67. The van der Waals surface area contributed by atoms with Gasteiger partial charge >= 0.3 is 0 Å². The highest BCUT2D eigenvalue weighted by Crippen LogP contribution is 2.30. The van der Waals surface area contributed by atoms with E-state index in [-0.39, 0.29) is 17.4 Å². The number of carbonyl (C=O) groups is 2. The molecule has 0 fully saturated rings. The van der Waals surface area contributed by atoms with Gasteiger partial charge in [-0.3, -0.25) is 9.59 Å². The Morgan fingerprint density at radius 2 is 1.79 bits per heavy atom. The van der Waals surface area contributed by atoms with E-state index >= 15 is 0 Å². The van der Waals surface area contributed by atoms with E-state index in [2.05, 4.69) is 15.8 Å². The summed E-state index contributed by atoms with van der Waals surface area (Å²) in [5, 5.41) is 7.27. The number of methoxy groups -OCH3 is 1. The smallest absolute Gasteiger partial charge is 0.287 e. The van der Waals surface area contributed by atoms with Crippen LogP contribution in [0.25, 0.3) is 0 Å². The first-order valence-corrected chi connectivity index (χ1v) is 9.65. The molecule has 1 aliphatic carbocycles. The number of hydrogen-bond acceptors (Lipinski definition) is 5. The summed E-state index contributed by atoms with van der Waals surface area (Å²) in [6.45, 7) is 7.62. The van der Waals surface area contributed by atoms with Gasteiger partial charge in [0.25, 0.3) is 11.8 Å². The molecule has 0 spiro atoms. The fourth-order valence-corrected chi connectivity index (χ4v) is 3.32. The van der Waals surface area contributed by atoms with E-state index in [9.17, 15) is 9.59 Å². The average molecular weight is 397 g/mol. The summed E-state index contributed by atoms with van der Waals surface area (Å²) in [6, 6.07) is 6.81. The van der Waals surface area contributed by atoms with Gasteiger partial charge in [0.1, 0.15) is 11.5 Å². The number of nitrogens with one attached hydrogen (secondary N) is 2. The molecule has 0 aliphatic heterocycles. The van der Waals surface area contributed by atoms with E-state index in [1.807, 2.05) is 27.7 Å². The Bertz CT molecular complexity index is 950. The number of fused-ring (bicyclic) bond motifs is 1. The van der Waals surface area contributed by atoms with Crippen molar-refractivity contribution < 1.29 is 18.7 Å². The fraction of sp³-hybridized carbons (Fsp3) is 0.409. The van der Waals surface area contributed by atoms with E-state index in [1.165, 1.54) is 0 Å². The Balaban J connectivity index is 1.82. The number of carbonyl (C=O) groups excluding carboxylic acids is 2. The normalized spacial score (nSPS) is 15.0. The van der Waals surface area contributed by atoms with Gasteiger partial charge in [-0.15, -0.1) is 0 Å². The summed E-state index contributed by atoms with van der Waals surface area (Å²) in [5.41, 5.74) is 5.04. The number of benzene rings is 1. The van der Waals surface area contributed by atoms with Gasteiger partial charge in [0.2, 0.25) is 0 Å². The van der Waals surface area contributed by atoms with Crippen LogP contribution in [-0.2, 0) is 6.42 Å². The van der Waals surface area contributed by atoms with Gasteiger partial charge in [-0.25, -0.2) is 5.43 Å². The van der Waals surface area contributed by atoms with Crippen molar-refractivity contribution in [1.82, 2.24) is 10.7 Å². The highest BCUT2D eigenvalue weighted by Gasteiger charge is 2.29. The number of furan rings is 1. The molecule has 2 amide bonds. The molecule has 29 heavy (non-hydrogen) atoms. The van der Waals surface area contributed by atoms with Crippen molar-refractivity contribution in [3.05, 3.63) is 52.5 Å². The molecule has 1 aromatic carbocycles. The van der Waals surface area contributed by atoms with Crippen LogP contribution in [0.3, 0.4) is 0 Å². The molecule has 154 valence electrons. The standard InChI is InChI=1S/C22H27N3O4/c1-13-18-16(24-25-20(26)14-9-11-15(28-5)12-10-14)7-6-8-17(18)29-19(13)21(27)23-22(2,3)4/h9-12H,6-8H2,1-5H3,(H,23,27)(H,25,26)/b24-16+. The van der Waals surface area contributed by atoms with Crippen LogP contribution in [0.2, 0.25) is 0 Å². The topological polar surface area (TPSA) is 92.9 Å². The van der Waals surface area contributed by atoms with Crippen molar-refractivity contribution >= 4 is 17.5 Å². The summed E-state index contributed by atoms with van der Waals surface area (Å²) in [6.07, 6.45) is 2.29. The lowest BCUT2D eigenvalue weighted by Gasteiger charge is -2.19. The number of hydrazone groups is 1. The molecule has 1 heterocycles. The van der Waals surface area contributed by atoms with Crippen molar-refractivity contribution in [3.8, 4) is 5.75 Å². The van der Waals surface area contributed by atoms with E-state index in [0.29, 0.717) is 23.5 Å². The molecule has 0 atom stereocenters. The number of ether oxygens (including phenoxy) is 1. The first-order valence-electron chi connectivity index (χ1n) is 9.65. The van der Waals surface area contributed by atoms with Crippen molar-refractivity contribution in [2.75, 3.05) is 7.11 Å². The first-order chi connectivity index (χ1) is 13.7. The molecule has 0 unspecified atom stereocenters. The van der Waals surface area contributed by atoms with E-state index in [4.69, 9.17) is 9.15 Å². The van der Waals surface area contributed by atoms with Crippen LogP contribution in [0.4, 0.5) is 0 Å². The minimum absolute atomic E-state index is 0.244. The van der Waals surface area contributed by atoms with Gasteiger partial charge in [0.15, 0.2) is 5.76 Å². The van der Waals surface area contributed by atoms with E-state index in [1.54, 1.807) is 31.4 Å². The number of amides is 2. The minimum Gasteiger partial charge on any atom is -0.497 e. The molecule has 2 aromatic rings. The van der Waals surface area contributed by atoms with Gasteiger partial charge in [0, 0.05) is 28.7 Å². The maximum Gasteiger partial charge on any atom is 0.287 e.